The van der Waals surface area contributed by atoms with E-state index in [2.05, 4.69) is 40.3 Å². The molecule has 23 heavy (non-hydrogen) atoms. The molecule has 124 valence electrons. The van der Waals surface area contributed by atoms with E-state index in [-0.39, 0.29) is 0 Å². The van der Waals surface area contributed by atoms with Gasteiger partial charge >= 0.3 is 0 Å². The van der Waals surface area contributed by atoms with Crippen LogP contribution in [0.5, 0.6) is 0 Å². The highest BCUT2D eigenvalue weighted by Gasteiger charge is 2.20. The summed E-state index contributed by atoms with van der Waals surface area (Å²) in [6.07, 6.45) is 5.08. The molecule has 1 aromatic carbocycles. The average Bonchev–Trinajstić information content (AvgIpc) is 2.82. The molecule has 1 saturated heterocycles. The van der Waals surface area contributed by atoms with E-state index in [1.807, 2.05) is 23.2 Å². The standard InChI is InChI=1S/C18H26N4S/c1-15-19-22(18(23)20(15)2)14-21-12-10-17(11-13-21)9-8-16-6-4-3-5-7-16/h3-7,17H,8-14H2,1-2H3. The molecule has 0 spiro atoms. The topological polar surface area (TPSA) is 26.0 Å². The van der Waals surface area contributed by atoms with Crippen LogP contribution in [-0.4, -0.2) is 32.3 Å². The second-order valence-electron chi connectivity index (χ2n) is 6.62. The Morgan fingerprint density at radius 2 is 1.87 bits per heavy atom. The van der Waals surface area contributed by atoms with Crippen molar-refractivity contribution < 1.29 is 0 Å². The Hall–Kier alpha value is -1.46. The summed E-state index contributed by atoms with van der Waals surface area (Å²) in [6, 6.07) is 10.8. The number of likely N-dealkylation sites (tertiary alicyclic amines) is 1. The quantitative estimate of drug-likeness (QED) is 0.784. The Morgan fingerprint density at radius 3 is 2.48 bits per heavy atom. The maximum absolute atomic E-state index is 5.44. The van der Waals surface area contributed by atoms with Gasteiger partial charge in [0.1, 0.15) is 5.82 Å². The molecule has 3 rings (SSSR count). The van der Waals surface area contributed by atoms with E-state index in [1.165, 1.54) is 31.2 Å². The van der Waals surface area contributed by atoms with Crippen LogP contribution in [0.1, 0.15) is 30.7 Å². The molecule has 1 aromatic heterocycles. The van der Waals surface area contributed by atoms with Crippen LogP contribution >= 0.6 is 12.2 Å². The molecule has 1 aliphatic rings. The number of aromatic nitrogens is 3. The van der Waals surface area contributed by atoms with Gasteiger partial charge in [0, 0.05) is 20.1 Å². The van der Waals surface area contributed by atoms with Crippen molar-refractivity contribution in [3.8, 4) is 0 Å². The molecule has 4 nitrogen and oxygen atoms in total. The van der Waals surface area contributed by atoms with Gasteiger partial charge in [0.25, 0.3) is 0 Å². The lowest BCUT2D eigenvalue weighted by Gasteiger charge is -2.31. The molecule has 0 radical (unpaired) electrons. The van der Waals surface area contributed by atoms with Gasteiger partial charge in [-0.05, 0) is 56.3 Å². The van der Waals surface area contributed by atoms with Gasteiger partial charge in [-0.25, -0.2) is 4.68 Å². The van der Waals surface area contributed by atoms with Gasteiger partial charge < -0.3 is 4.57 Å². The number of rotatable bonds is 5. The van der Waals surface area contributed by atoms with Crippen LogP contribution in [0.2, 0.25) is 0 Å². The first kappa shape index (κ1) is 16.4. The molecular weight excluding hydrogens is 304 g/mol. The number of benzene rings is 1. The third-order valence-corrected chi connectivity index (χ3v) is 5.47. The first-order chi connectivity index (χ1) is 11.1. The summed E-state index contributed by atoms with van der Waals surface area (Å²) in [6.45, 7) is 5.13. The molecule has 0 amide bonds. The van der Waals surface area contributed by atoms with E-state index in [0.717, 1.165) is 36.3 Å². The van der Waals surface area contributed by atoms with Crippen LogP contribution in [-0.2, 0) is 20.1 Å². The number of hydrogen-bond donors (Lipinski definition) is 0. The number of hydrogen-bond acceptors (Lipinski definition) is 3. The average molecular weight is 331 g/mol. The second kappa shape index (κ2) is 7.41. The third-order valence-electron chi connectivity index (χ3n) is 4.98. The maximum atomic E-state index is 5.44. The summed E-state index contributed by atoms with van der Waals surface area (Å²) < 4.78 is 4.74. The summed E-state index contributed by atoms with van der Waals surface area (Å²) in [5.41, 5.74) is 1.46. The number of piperidine rings is 1. The SMILES string of the molecule is Cc1nn(CN2CCC(CCc3ccccc3)CC2)c(=S)n1C. The summed E-state index contributed by atoms with van der Waals surface area (Å²) in [5, 5.41) is 4.53. The smallest absolute Gasteiger partial charge is 0.198 e. The monoisotopic (exact) mass is 330 g/mol. The molecule has 1 fully saturated rings. The highest BCUT2D eigenvalue weighted by atomic mass is 32.1. The van der Waals surface area contributed by atoms with Crippen LogP contribution < -0.4 is 0 Å². The maximum Gasteiger partial charge on any atom is 0.198 e. The van der Waals surface area contributed by atoms with E-state index < -0.39 is 0 Å². The van der Waals surface area contributed by atoms with Crippen molar-refractivity contribution in [1.29, 1.82) is 0 Å². The summed E-state index contributed by atoms with van der Waals surface area (Å²) in [7, 11) is 1.98. The second-order valence-corrected chi connectivity index (χ2v) is 6.98. The lowest BCUT2D eigenvalue weighted by molar-refractivity contribution is 0.136. The van der Waals surface area contributed by atoms with Crippen LogP contribution in [0.15, 0.2) is 30.3 Å². The summed E-state index contributed by atoms with van der Waals surface area (Å²) in [4.78, 5) is 2.47. The third kappa shape index (κ3) is 4.09. The van der Waals surface area contributed by atoms with Crippen molar-refractivity contribution in [2.45, 2.75) is 39.3 Å². The van der Waals surface area contributed by atoms with Crippen LogP contribution in [0.25, 0.3) is 0 Å². The van der Waals surface area contributed by atoms with Crippen LogP contribution in [0.3, 0.4) is 0 Å². The molecule has 2 aromatic rings. The largest absolute Gasteiger partial charge is 0.307 e. The van der Waals surface area contributed by atoms with E-state index in [0.29, 0.717) is 0 Å². The summed E-state index contributed by atoms with van der Waals surface area (Å²) in [5.74, 6) is 1.83. The predicted molar refractivity (Wildman–Crippen MR) is 95.8 cm³/mol. The van der Waals surface area contributed by atoms with Gasteiger partial charge in [0.05, 0.1) is 6.67 Å². The van der Waals surface area contributed by atoms with Crippen molar-refractivity contribution in [2.24, 2.45) is 13.0 Å². The molecule has 2 heterocycles. The highest BCUT2D eigenvalue weighted by molar-refractivity contribution is 7.71. The van der Waals surface area contributed by atoms with Crippen molar-refractivity contribution in [1.82, 2.24) is 19.2 Å². The Balaban J connectivity index is 1.47. The molecule has 0 N–H and O–H groups in total. The van der Waals surface area contributed by atoms with Gasteiger partial charge in [-0.3, -0.25) is 4.90 Å². The van der Waals surface area contributed by atoms with E-state index >= 15 is 0 Å². The minimum Gasteiger partial charge on any atom is -0.307 e. The molecule has 0 bridgehead atoms. The van der Waals surface area contributed by atoms with Crippen LogP contribution in [0.4, 0.5) is 0 Å². The first-order valence-electron chi connectivity index (χ1n) is 8.50. The lowest BCUT2D eigenvalue weighted by Crippen LogP contribution is -2.35. The Bertz CT molecular complexity index is 681. The van der Waals surface area contributed by atoms with Gasteiger partial charge in [-0.1, -0.05) is 30.3 Å². The zero-order valence-electron chi connectivity index (χ0n) is 14.1. The predicted octanol–water partition coefficient (Wildman–Crippen LogP) is 3.56. The van der Waals surface area contributed by atoms with Crippen molar-refractivity contribution in [2.75, 3.05) is 13.1 Å². The van der Waals surface area contributed by atoms with Gasteiger partial charge in [0.15, 0.2) is 4.77 Å². The minimum absolute atomic E-state index is 0.814. The molecule has 0 atom stereocenters. The Kier molecular flexibility index (Phi) is 5.28. The van der Waals surface area contributed by atoms with E-state index in [9.17, 15) is 0 Å². The van der Waals surface area contributed by atoms with Gasteiger partial charge in [0.2, 0.25) is 0 Å². The lowest BCUT2D eigenvalue weighted by atomic mass is 9.91. The fraction of sp³-hybridized carbons (Fsp3) is 0.556. The minimum atomic E-state index is 0.814. The number of aryl methyl sites for hydroxylation is 2. The Labute approximate surface area is 143 Å². The first-order valence-corrected chi connectivity index (χ1v) is 8.91. The van der Waals surface area contributed by atoms with Gasteiger partial charge in [-0.2, -0.15) is 5.10 Å². The molecule has 0 unspecified atom stereocenters. The number of nitrogens with zero attached hydrogens (tertiary/aromatic N) is 4. The summed E-state index contributed by atoms with van der Waals surface area (Å²) >= 11 is 5.44. The van der Waals surface area contributed by atoms with E-state index in [1.54, 1.807) is 0 Å². The van der Waals surface area contributed by atoms with Crippen molar-refractivity contribution >= 4 is 12.2 Å². The zero-order valence-corrected chi connectivity index (χ0v) is 14.9. The van der Waals surface area contributed by atoms with E-state index in [4.69, 9.17) is 12.2 Å². The fourth-order valence-electron chi connectivity index (χ4n) is 3.31. The van der Waals surface area contributed by atoms with Gasteiger partial charge in [-0.15, -0.1) is 0 Å². The normalized spacial score (nSPS) is 16.8. The van der Waals surface area contributed by atoms with Crippen molar-refractivity contribution in [3.63, 3.8) is 0 Å². The highest BCUT2D eigenvalue weighted by Crippen LogP contribution is 2.22. The molecular formula is C18H26N4S. The molecule has 1 aliphatic heterocycles. The van der Waals surface area contributed by atoms with Crippen molar-refractivity contribution in [3.05, 3.63) is 46.5 Å². The molecule has 5 heteroatoms. The molecule has 0 saturated carbocycles. The van der Waals surface area contributed by atoms with Crippen LogP contribution in [0, 0.1) is 17.6 Å². The zero-order chi connectivity index (χ0) is 16.2. The molecule has 0 aliphatic carbocycles. The fourth-order valence-corrected chi connectivity index (χ4v) is 3.54. The Morgan fingerprint density at radius 1 is 1.17 bits per heavy atom.